The molecule has 2 fully saturated rings. The maximum atomic E-state index is 2.57. The van der Waals surface area contributed by atoms with Crippen LogP contribution < -0.4 is 0 Å². The van der Waals surface area contributed by atoms with Gasteiger partial charge in [-0.25, -0.2) is 0 Å². The highest BCUT2D eigenvalue weighted by Crippen LogP contribution is 2.57. The zero-order valence-electron chi connectivity index (χ0n) is 15.2. The fourth-order valence-corrected chi connectivity index (χ4v) is 4.67. The molecule has 1 heterocycles. The Kier molecular flexibility index (Phi) is 2.94. The number of fused-ring (bicyclic) bond motifs is 2. The van der Waals surface area contributed by atoms with Crippen molar-refractivity contribution in [1.29, 1.82) is 0 Å². The first-order valence-corrected chi connectivity index (χ1v) is 9.92. The first-order chi connectivity index (χ1) is 12.8. The predicted octanol–water partition coefficient (Wildman–Crippen LogP) is 6.31. The molecule has 1 nitrogen and oxygen atoms in total. The van der Waals surface area contributed by atoms with Crippen LogP contribution in [0.4, 0.5) is 0 Å². The summed E-state index contributed by atoms with van der Waals surface area (Å²) in [7, 11) is 2.18. The van der Waals surface area contributed by atoms with E-state index in [9.17, 15) is 0 Å². The van der Waals surface area contributed by atoms with Crippen LogP contribution in [0.5, 0.6) is 0 Å². The highest BCUT2D eigenvalue weighted by atomic mass is 14.9. The van der Waals surface area contributed by atoms with E-state index in [0.29, 0.717) is 0 Å². The summed E-state index contributed by atoms with van der Waals surface area (Å²) < 4.78 is 2.29. The van der Waals surface area contributed by atoms with Crippen molar-refractivity contribution in [2.45, 2.75) is 25.7 Å². The first-order valence-electron chi connectivity index (χ1n) is 9.92. The van der Waals surface area contributed by atoms with Gasteiger partial charge in [0.1, 0.15) is 0 Å². The van der Waals surface area contributed by atoms with Gasteiger partial charge in [0.15, 0.2) is 0 Å². The van der Waals surface area contributed by atoms with Crippen molar-refractivity contribution in [3.63, 3.8) is 0 Å². The molecule has 1 aromatic heterocycles. The number of allylic oxidation sites excluding steroid dienone is 4. The molecule has 0 atom stereocenters. The maximum Gasteiger partial charge on any atom is 0.0484 e. The van der Waals surface area contributed by atoms with Crippen LogP contribution in [0.2, 0.25) is 0 Å². The molecule has 2 aromatic carbocycles. The molecular formula is C25H23N. The molecule has 0 saturated heterocycles. The molecule has 0 amide bonds. The van der Waals surface area contributed by atoms with Crippen LogP contribution in [0.3, 0.4) is 0 Å². The summed E-state index contributed by atoms with van der Waals surface area (Å²) in [5, 5.41) is 1.39. The summed E-state index contributed by atoms with van der Waals surface area (Å²) in [5.74, 6) is 1.52. The number of hydrogen-bond donors (Lipinski definition) is 0. The van der Waals surface area contributed by atoms with Crippen molar-refractivity contribution in [2.75, 3.05) is 0 Å². The largest absolute Gasteiger partial charge is 0.350 e. The van der Waals surface area contributed by atoms with Gasteiger partial charge in [0.05, 0.1) is 0 Å². The third kappa shape index (κ3) is 2.10. The maximum absolute atomic E-state index is 2.57. The Bertz CT molecular complexity index is 1100. The number of benzene rings is 2. The number of para-hydroxylation sites is 1. The molecule has 2 saturated carbocycles. The monoisotopic (exact) mass is 337 g/mol. The summed E-state index contributed by atoms with van der Waals surface area (Å²) in [6.07, 6.45) is 10.3. The fourth-order valence-electron chi connectivity index (χ4n) is 4.67. The van der Waals surface area contributed by atoms with Crippen molar-refractivity contribution in [3.05, 3.63) is 77.5 Å². The lowest BCUT2D eigenvalue weighted by Gasteiger charge is -2.09. The molecular weight excluding hydrogens is 314 g/mol. The summed E-state index contributed by atoms with van der Waals surface area (Å²) in [6.45, 7) is 0. The standard InChI is InChI=1S/C25H23N/c1-26-15-22(19-7-4-5-9-23(19)26)25-21(14-16-10-11-16)18-6-2-3-8-20(18)24(25)17-12-13-17/h2-9,14-17H,10-13H2,1H3/b21-14+. The molecule has 3 aliphatic rings. The van der Waals surface area contributed by atoms with Gasteiger partial charge in [-0.3, -0.25) is 0 Å². The number of nitrogens with zero attached hydrogens (tertiary/aromatic N) is 1. The van der Waals surface area contributed by atoms with Crippen LogP contribution in [0, 0.1) is 11.8 Å². The minimum atomic E-state index is 0.746. The van der Waals surface area contributed by atoms with E-state index in [1.165, 1.54) is 64.4 Å². The fraction of sp³-hybridized carbons (Fsp3) is 0.280. The molecule has 3 aromatic rings. The quantitative estimate of drug-likeness (QED) is 0.528. The summed E-state index contributed by atoms with van der Waals surface area (Å²) >= 11 is 0. The number of rotatable bonds is 3. The van der Waals surface area contributed by atoms with Gasteiger partial charge < -0.3 is 4.57 Å². The molecule has 3 aliphatic carbocycles. The van der Waals surface area contributed by atoms with Crippen LogP contribution in [-0.2, 0) is 7.05 Å². The Morgan fingerprint density at radius 3 is 2.35 bits per heavy atom. The third-order valence-electron chi connectivity index (χ3n) is 6.22. The smallest absolute Gasteiger partial charge is 0.0484 e. The lowest BCUT2D eigenvalue weighted by atomic mass is 9.93. The van der Waals surface area contributed by atoms with Gasteiger partial charge in [0.25, 0.3) is 0 Å². The first kappa shape index (κ1) is 14.6. The van der Waals surface area contributed by atoms with Gasteiger partial charge in [0, 0.05) is 29.7 Å². The van der Waals surface area contributed by atoms with E-state index >= 15 is 0 Å². The van der Waals surface area contributed by atoms with Gasteiger partial charge >= 0.3 is 0 Å². The zero-order valence-corrected chi connectivity index (χ0v) is 15.2. The summed E-state index contributed by atoms with van der Waals surface area (Å²) in [6, 6.07) is 18.0. The second-order valence-electron chi connectivity index (χ2n) is 8.20. The second kappa shape index (κ2) is 5.23. The van der Waals surface area contributed by atoms with Gasteiger partial charge in [0.2, 0.25) is 0 Å². The van der Waals surface area contributed by atoms with E-state index in [4.69, 9.17) is 0 Å². The minimum Gasteiger partial charge on any atom is -0.350 e. The van der Waals surface area contributed by atoms with Crippen molar-refractivity contribution in [3.8, 4) is 0 Å². The lowest BCUT2D eigenvalue weighted by molar-refractivity contribution is 0.967. The third-order valence-corrected chi connectivity index (χ3v) is 6.22. The van der Waals surface area contributed by atoms with Crippen molar-refractivity contribution < 1.29 is 0 Å². The lowest BCUT2D eigenvalue weighted by Crippen LogP contribution is -1.88. The molecule has 0 bridgehead atoms. The van der Waals surface area contributed by atoms with E-state index in [1.807, 2.05) is 0 Å². The second-order valence-corrected chi connectivity index (χ2v) is 8.20. The van der Waals surface area contributed by atoms with Gasteiger partial charge in [-0.05, 0) is 71.4 Å². The molecule has 26 heavy (non-hydrogen) atoms. The predicted molar refractivity (Wildman–Crippen MR) is 110 cm³/mol. The van der Waals surface area contributed by atoms with Gasteiger partial charge in [-0.15, -0.1) is 0 Å². The molecule has 0 radical (unpaired) electrons. The van der Waals surface area contributed by atoms with E-state index in [2.05, 4.69) is 72.4 Å². The minimum absolute atomic E-state index is 0.746. The van der Waals surface area contributed by atoms with Crippen LogP contribution in [0.15, 0.2) is 60.8 Å². The Morgan fingerprint density at radius 2 is 1.58 bits per heavy atom. The van der Waals surface area contributed by atoms with E-state index in [-0.39, 0.29) is 0 Å². The molecule has 128 valence electrons. The normalized spacial score (nSPS) is 21.0. The average molecular weight is 337 g/mol. The SMILES string of the molecule is Cn1cc(C2=C(C3CC3)c3ccccc3/C2=C\C2CC2)c2ccccc21. The van der Waals surface area contributed by atoms with Crippen molar-refractivity contribution >= 4 is 27.6 Å². The topological polar surface area (TPSA) is 4.93 Å². The van der Waals surface area contributed by atoms with Crippen LogP contribution in [0.1, 0.15) is 42.4 Å². The highest BCUT2D eigenvalue weighted by molar-refractivity contribution is 6.24. The molecule has 0 spiro atoms. The Hall–Kier alpha value is -2.54. The number of hydrogen-bond acceptors (Lipinski definition) is 0. The Morgan fingerprint density at radius 1 is 0.846 bits per heavy atom. The molecule has 6 rings (SSSR count). The van der Waals surface area contributed by atoms with E-state index < -0.39 is 0 Å². The van der Waals surface area contributed by atoms with Crippen molar-refractivity contribution in [1.82, 2.24) is 4.57 Å². The Balaban J connectivity index is 1.68. The van der Waals surface area contributed by atoms with Gasteiger partial charge in [-0.2, -0.15) is 0 Å². The molecule has 1 heteroatoms. The number of aromatic nitrogens is 1. The molecule has 0 aliphatic heterocycles. The highest BCUT2D eigenvalue weighted by Gasteiger charge is 2.38. The van der Waals surface area contributed by atoms with E-state index in [1.54, 1.807) is 5.57 Å². The zero-order chi connectivity index (χ0) is 17.3. The molecule has 0 unspecified atom stereocenters. The summed E-state index contributed by atoms with van der Waals surface area (Å²) in [5.41, 5.74) is 10.3. The number of aryl methyl sites for hydroxylation is 1. The van der Waals surface area contributed by atoms with Crippen LogP contribution >= 0.6 is 0 Å². The van der Waals surface area contributed by atoms with Crippen molar-refractivity contribution in [2.24, 2.45) is 18.9 Å². The summed E-state index contributed by atoms with van der Waals surface area (Å²) in [4.78, 5) is 0. The Labute approximate surface area is 154 Å². The van der Waals surface area contributed by atoms with Gasteiger partial charge in [-0.1, -0.05) is 48.5 Å². The molecule has 0 N–H and O–H groups in total. The van der Waals surface area contributed by atoms with E-state index in [0.717, 1.165) is 11.8 Å². The van der Waals surface area contributed by atoms with Crippen LogP contribution in [0.25, 0.3) is 27.6 Å². The average Bonchev–Trinajstić information content (AvgIpc) is 3.59. The van der Waals surface area contributed by atoms with Crippen LogP contribution in [-0.4, -0.2) is 4.57 Å².